The third-order valence-corrected chi connectivity index (χ3v) is 7.30. The fraction of sp³-hybridized carbons (Fsp3) is 0.520. The van der Waals surface area contributed by atoms with E-state index >= 15 is 0 Å². The largest absolute Gasteiger partial charge is 0.447 e. The molecule has 2 aromatic rings. The molecule has 1 aliphatic rings. The first-order valence-corrected chi connectivity index (χ1v) is 13.3. The highest BCUT2D eigenvalue weighted by Crippen LogP contribution is 2.25. The molecule has 0 spiro atoms. The molecule has 3 rings (SSSR count). The van der Waals surface area contributed by atoms with Crippen LogP contribution in [0.3, 0.4) is 0 Å². The standard InChI is InChI=1S/C25H35N3O4S/c1-18(2)17-33(30,31)27-23-14-9-15-28(25(29)32-19(3)4)24(23)16-21-12-8-13-22(26-21)20-10-6-5-7-11-20/h5-8,10-13,18-19,23-24,27H,9,14-17H2,1-4H3. The van der Waals surface area contributed by atoms with Crippen LogP contribution in [0.1, 0.15) is 46.2 Å². The Balaban J connectivity index is 1.89. The maximum absolute atomic E-state index is 12.9. The molecule has 7 nitrogen and oxygen atoms in total. The van der Waals surface area contributed by atoms with Crippen LogP contribution in [-0.4, -0.2) is 54.9 Å². The molecule has 8 heteroatoms. The summed E-state index contributed by atoms with van der Waals surface area (Å²) in [5, 5.41) is 0. The first-order chi connectivity index (χ1) is 15.6. The molecule has 0 saturated carbocycles. The van der Waals surface area contributed by atoms with E-state index in [1.165, 1.54) is 0 Å². The number of benzene rings is 1. The lowest BCUT2D eigenvalue weighted by molar-refractivity contribution is 0.0459. The highest BCUT2D eigenvalue weighted by atomic mass is 32.2. The summed E-state index contributed by atoms with van der Waals surface area (Å²) in [5.74, 6) is 0.0600. The quantitative estimate of drug-likeness (QED) is 0.619. The summed E-state index contributed by atoms with van der Waals surface area (Å²) in [4.78, 5) is 19.4. The van der Waals surface area contributed by atoms with Gasteiger partial charge in [0.2, 0.25) is 10.0 Å². The number of nitrogens with one attached hydrogen (secondary N) is 1. The average molecular weight is 474 g/mol. The Morgan fingerprint density at radius 3 is 2.52 bits per heavy atom. The molecular weight excluding hydrogens is 438 g/mol. The zero-order valence-electron chi connectivity index (χ0n) is 19.9. The SMILES string of the molecule is CC(C)CS(=O)(=O)NC1CCCN(C(=O)OC(C)C)C1Cc1cccc(-c2ccccc2)n1. The molecule has 1 saturated heterocycles. The number of sulfonamides is 1. The molecule has 2 unspecified atom stereocenters. The van der Waals surface area contributed by atoms with Crippen molar-refractivity contribution in [3.05, 3.63) is 54.2 Å². The second-order valence-corrected chi connectivity index (χ2v) is 11.1. The Hall–Kier alpha value is -2.45. The van der Waals surface area contributed by atoms with Crippen LogP contribution in [0.2, 0.25) is 0 Å². The fourth-order valence-electron chi connectivity index (χ4n) is 4.24. The first-order valence-electron chi connectivity index (χ1n) is 11.6. The maximum atomic E-state index is 12.9. The van der Waals surface area contributed by atoms with Crippen molar-refractivity contribution in [2.45, 2.75) is 65.1 Å². The van der Waals surface area contributed by atoms with Gasteiger partial charge in [0.25, 0.3) is 0 Å². The van der Waals surface area contributed by atoms with Crippen LogP contribution in [0.5, 0.6) is 0 Å². The molecule has 2 heterocycles. The molecule has 2 atom stereocenters. The molecule has 0 bridgehead atoms. The van der Waals surface area contributed by atoms with Gasteiger partial charge >= 0.3 is 6.09 Å². The average Bonchev–Trinajstić information content (AvgIpc) is 2.74. The van der Waals surface area contributed by atoms with Crippen molar-refractivity contribution in [1.29, 1.82) is 0 Å². The fourth-order valence-corrected chi connectivity index (χ4v) is 5.95. The molecule has 33 heavy (non-hydrogen) atoms. The van der Waals surface area contributed by atoms with E-state index in [1.807, 2.05) is 76.2 Å². The number of hydrogen-bond donors (Lipinski definition) is 1. The van der Waals surface area contributed by atoms with Crippen molar-refractivity contribution in [2.75, 3.05) is 12.3 Å². The van der Waals surface area contributed by atoms with Gasteiger partial charge in [-0.1, -0.05) is 50.2 Å². The van der Waals surface area contributed by atoms with Crippen molar-refractivity contribution in [1.82, 2.24) is 14.6 Å². The molecular formula is C25H35N3O4S. The predicted molar refractivity (Wildman–Crippen MR) is 130 cm³/mol. The number of pyridine rings is 1. The van der Waals surface area contributed by atoms with Gasteiger partial charge in [-0.25, -0.2) is 17.9 Å². The van der Waals surface area contributed by atoms with Crippen molar-refractivity contribution in [3.8, 4) is 11.3 Å². The van der Waals surface area contributed by atoms with Crippen LogP contribution < -0.4 is 4.72 Å². The smallest absolute Gasteiger partial charge is 0.410 e. The molecule has 1 aromatic heterocycles. The number of likely N-dealkylation sites (tertiary alicyclic amines) is 1. The number of carbonyl (C=O) groups is 1. The van der Waals surface area contributed by atoms with E-state index in [9.17, 15) is 13.2 Å². The van der Waals surface area contributed by atoms with Gasteiger partial charge in [0.1, 0.15) is 0 Å². The van der Waals surface area contributed by atoms with E-state index in [0.717, 1.165) is 17.0 Å². The number of amides is 1. The second-order valence-electron chi connectivity index (χ2n) is 9.32. The molecule has 1 aromatic carbocycles. The molecule has 1 N–H and O–H groups in total. The highest BCUT2D eigenvalue weighted by Gasteiger charge is 2.38. The molecule has 0 aliphatic carbocycles. The predicted octanol–water partition coefficient (Wildman–Crippen LogP) is 4.24. The van der Waals surface area contributed by atoms with Crippen LogP contribution in [0.15, 0.2) is 48.5 Å². The first kappa shape index (κ1) is 25.2. The Kier molecular flexibility index (Phi) is 8.48. The third-order valence-electron chi connectivity index (χ3n) is 5.53. The normalized spacial score (nSPS) is 19.2. The van der Waals surface area contributed by atoms with Crippen molar-refractivity contribution in [3.63, 3.8) is 0 Å². The molecule has 180 valence electrons. The Morgan fingerprint density at radius 1 is 1.12 bits per heavy atom. The minimum atomic E-state index is -3.48. The highest BCUT2D eigenvalue weighted by molar-refractivity contribution is 7.89. The van der Waals surface area contributed by atoms with E-state index in [1.54, 1.807) is 4.90 Å². The number of hydrogen-bond acceptors (Lipinski definition) is 5. The van der Waals surface area contributed by atoms with E-state index in [0.29, 0.717) is 25.8 Å². The lowest BCUT2D eigenvalue weighted by atomic mass is 9.93. The van der Waals surface area contributed by atoms with Gasteiger partial charge in [-0.3, -0.25) is 4.98 Å². The minimum Gasteiger partial charge on any atom is -0.447 e. The van der Waals surface area contributed by atoms with Gasteiger partial charge in [0.05, 0.1) is 23.6 Å². The Labute approximate surface area is 197 Å². The lowest BCUT2D eigenvalue weighted by Gasteiger charge is -2.41. The van der Waals surface area contributed by atoms with Crippen LogP contribution in [-0.2, 0) is 21.2 Å². The van der Waals surface area contributed by atoms with Gasteiger partial charge in [-0.15, -0.1) is 0 Å². The van der Waals surface area contributed by atoms with Gasteiger partial charge < -0.3 is 9.64 Å². The van der Waals surface area contributed by atoms with E-state index in [4.69, 9.17) is 9.72 Å². The van der Waals surface area contributed by atoms with E-state index in [-0.39, 0.29) is 23.8 Å². The summed E-state index contributed by atoms with van der Waals surface area (Å²) in [6, 6.07) is 14.9. The van der Waals surface area contributed by atoms with Crippen LogP contribution in [0.4, 0.5) is 4.79 Å². The number of aromatic nitrogens is 1. The summed E-state index contributed by atoms with van der Waals surface area (Å²) in [5.41, 5.74) is 2.66. The number of carbonyl (C=O) groups excluding carboxylic acids is 1. The number of nitrogens with zero attached hydrogens (tertiary/aromatic N) is 2. The van der Waals surface area contributed by atoms with Gasteiger partial charge in [0, 0.05) is 30.3 Å². The lowest BCUT2D eigenvalue weighted by Crippen LogP contribution is -2.58. The van der Waals surface area contributed by atoms with Gasteiger partial charge in [0.15, 0.2) is 0 Å². The van der Waals surface area contributed by atoms with E-state index in [2.05, 4.69) is 4.72 Å². The van der Waals surface area contributed by atoms with Gasteiger partial charge in [-0.05, 0) is 44.7 Å². The maximum Gasteiger partial charge on any atom is 0.410 e. The molecule has 1 fully saturated rings. The minimum absolute atomic E-state index is 0.00997. The zero-order chi connectivity index (χ0) is 24.0. The summed E-state index contributed by atoms with van der Waals surface area (Å²) < 4.78 is 33.8. The van der Waals surface area contributed by atoms with Crippen molar-refractivity contribution in [2.24, 2.45) is 5.92 Å². The Bertz CT molecular complexity index is 1020. The molecule has 1 amide bonds. The summed E-state index contributed by atoms with van der Waals surface area (Å²) in [7, 11) is -3.48. The van der Waals surface area contributed by atoms with Crippen molar-refractivity contribution < 1.29 is 17.9 Å². The van der Waals surface area contributed by atoms with Crippen LogP contribution in [0, 0.1) is 5.92 Å². The van der Waals surface area contributed by atoms with Crippen LogP contribution >= 0.6 is 0 Å². The monoisotopic (exact) mass is 473 g/mol. The summed E-state index contributed by atoms with van der Waals surface area (Å²) in [6.45, 7) is 7.90. The second kappa shape index (κ2) is 11.1. The topological polar surface area (TPSA) is 88.6 Å². The Morgan fingerprint density at radius 2 is 1.85 bits per heavy atom. The van der Waals surface area contributed by atoms with Crippen molar-refractivity contribution >= 4 is 16.1 Å². The van der Waals surface area contributed by atoms with Crippen LogP contribution in [0.25, 0.3) is 11.3 Å². The number of rotatable bonds is 8. The van der Waals surface area contributed by atoms with E-state index < -0.39 is 22.2 Å². The van der Waals surface area contributed by atoms with Gasteiger partial charge in [-0.2, -0.15) is 0 Å². The zero-order valence-corrected chi connectivity index (χ0v) is 20.7. The summed E-state index contributed by atoms with van der Waals surface area (Å²) in [6.07, 6.45) is 1.13. The molecule has 1 aliphatic heterocycles. The molecule has 0 radical (unpaired) electrons. The number of ether oxygens (including phenoxy) is 1. The summed E-state index contributed by atoms with van der Waals surface area (Å²) >= 11 is 0. The number of piperidine rings is 1. The third kappa shape index (κ3) is 7.27.